The van der Waals surface area contributed by atoms with Crippen LogP contribution in [0.5, 0.6) is 23.0 Å². The van der Waals surface area contributed by atoms with E-state index in [0.29, 0.717) is 20.1 Å². The van der Waals surface area contributed by atoms with Gasteiger partial charge in [0, 0.05) is 11.1 Å². The number of halogens is 4. The molecule has 0 unspecified atom stereocenters. The smallest absolute Gasteiger partial charge is 0.118 e. The highest BCUT2D eigenvalue weighted by Gasteiger charge is 2.05. The summed E-state index contributed by atoms with van der Waals surface area (Å²) < 4.78 is 20.4. The van der Waals surface area contributed by atoms with Gasteiger partial charge in [0.05, 0.1) is 38.5 Å². The summed E-state index contributed by atoms with van der Waals surface area (Å²) in [7, 11) is 6.46. The molecule has 0 radical (unpaired) electrons. The maximum atomic E-state index is 6.25. The van der Waals surface area contributed by atoms with Gasteiger partial charge in [-0.05, 0) is 120 Å². The van der Waals surface area contributed by atoms with Crippen LogP contribution in [0.1, 0.15) is 22.3 Å². The first-order valence-corrected chi connectivity index (χ1v) is 14.5. The molecule has 0 aliphatic rings. The highest BCUT2D eigenvalue weighted by molar-refractivity contribution is 6.56. The average molecular weight is 666 g/mol. The van der Waals surface area contributed by atoms with E-state index in [4.69, 9.17) is 65.4 Å². The van der Waals surface area contributed by atoms with Gasteiger partial charge in [-0.15, -0.1) is 0 Å². The molecule has 4 aromatic carbocycles. The number of allylic oxidation sites excluding steroid dienone is 2. The summed E-state index contributed by atoms with van der Waals surface area (Å²) in [6, 6.07) is 29.4. The van der Waals surface area contributed by atoms with Crippen molar-refractivity contribution in [2.24, 2.45) is 0 Å². The van der Waals surface area contributed by atoms with E-state index in [1.54, 1.807) is 28.4 Å². The van der Waals surface area contributed by atoms with Gasteiger partial charge in [0.25, 0.3) is 0 Å². The third kappa shape index (κ3) is 10.5. The Morgan fingerprint density at radius 2 is 0.659 bits per heavy atom. The molecular weight excluding hydrogens is 638 g/mol. The van der Waals surface area contributed by atoms with Crippen LogP contribution in [0.3, 0.4) is 0 Å². The predicted octanol–water partition coefficient (Wildman–Crippen LogP) is 9.80. The van der Waals surface area contributed by atoms with Crippen molar-refractivity contribution in [1.82, 2.24) is 0 Å². The van der Waals surface area contributed by atoms with Crippen LogP contribution in [-0.4, -0.2) is 28.4 Å². The van der Waals surface area contributed by atoms with E-state index in [0.717, 1.165) is 45.3 Å². The second kappa shape index (κ2) is 17.8. The van der Waals surface area contributed by atoms with E-state index < -0.39 is 0 Å². The Kier molecular flexibility index (Phi) is 13.9. The fraction of sp³-hybridized carbons (Fsp3) is 0.111. The monoisotopic (exact) mass is 664 g/mol. The van der Waals surface area contributed by atoms with Gasteiger partial charge in [-0.3, -0.25) is 0 Å². The number of hydrogen-bond acceptors (Lipinski definition) is 4. The van der Waals surface area contributed by atoms with Gasteiger partial charge < -0.3 is 18.9 Å². The van der Waals surface area contributed by atoms with Crippen molar-refractivity contribution in [2.75, 3.05) is 28.4 Å². The van der Waals surface area contributed by atoms with Gasteiger partial charge in [0.1, 0.15) is 33.1 Å². The highest BCUT2D eigenvalue weighted by atomic mass is 35.5. The molecule has 0 aliphatic heterocycles. The molecule has 0 bridgehead atoms. The Hall–Kier alpha value is -4.16. The second-order valence-electron chi connectivity index (χ2n) is 8.67. The zero-order valence-electron chi connectivity index (χ0n) is 24.4. The SMILES string of the molecule is COc1ccc(C#C/C(Cl)=C(\Cl)c2ccc(OC)cc2)cc1.COc1ccc(C#C/C(Cl)=C(\Cl)c2ccc(OC)cc2)cc1. The van der Waals surface area contributed by atoms with E-state index in [9.17, 15) is 0 Å². The first-order chi connectivity index (χ1) is 21.3. The van der Waals surface area contributed by atoms with Crippen molar-refractivity contribution >= 4 is 56.5 Å². The molecule has 0 aliphatic carbocycles. The van der Waals surface area contributed by atoms with E-state index in [-0.39, 0.29) is 0 Å². The summed E-state index contributed by atoms with van der Waals surface area (Å²) in [6.45, 7) is 0. The number of ether oxygens (including phenoxy) is 4. The highest BCUT2D eigenvalue weighted by Crippen LogP contribution is 2.28. The lowest BCUT2D eigenvalue weighted by Crippen LogP contribution is -1.84. The number of methoxy groups -OCH3 is 4. The molecule has 0 saturated heterocycles. The zero-order valence-corrected chi connectivity index (χ0v) is 27.4. The standard InChI is InChI=1S/2C18H14Cl2O2/c2*1-21-15-8-3-13(4-9-15)5-12-17(19)18(20)14-6-10-16(22-2)11-7-14/h2*3-4,6-11H,1-2H3/b2*18-17+. The Balaban J connectivity index is 0.000000240. The first kappa shape index (κ1) is 34.3. The van der Waals surface area contributed by atoms with Crippen LogP contribution < -0.4 is 18.9 Å². The molecule has 0 saturated carbocycles. The minimum absolute atomic E-state index is 0.294. The van der Waals surface area contributed by atoms with Crippen LogP contribution in [0, 0.1) is 23.7 Å². The molecule has 0 N–H and O–H groups in total. The van der Waals surface area contributed by atoms with Crippen LogP contribution >= 0.6 is 46.4 Å². The maximum Gasteiger partial charge on any atom is 0.118 e. The summed E-state index contributed by atoms with van der Waals surface area (Å²) in [5.74, 6) is 14.7. The number of rotatable bonds is 6. The van der Waals surface area contributed by atoms with Crippen LogP contribution in [0.2, 0.25) is 0 Å². The lowest BCUT2D eigenvalue weighted by Gasteiger charge is -2.02. The lowest BCUT2D eigenvalue weighted by molar-refractivity contribution is 0.414. The third-order valence-electron chi connectivity index (χ3n) is 5.89. The third-order valence-corrected chi connectivity index (χ3v) is 7.46. The normalized spacial score (nSPS) is 11.1. The molecule has 4 rings (SSSR count). The van der Waals surface area contributed by atoms with Crippen LogP contribution in [0.4, 0.5) is 0 Å². The minimum Gasteiger partial charge on any atom is -0.497 e. The van der Waals surface area contributed by atoms with Gasteiger partial charge in [0.2, 0.25) is 0 Å². The fourth-order valence-corrected chi connectivity index (χ4v) is 4.10. The molecule has 0 aromatic heterocycles. The zero-order chi connectivity index (χ0) is 31.9. The maximum absolute atomic E-state index is 6.25. The average Bonchev–Trinajstić information content (AvgIpc) is 3.09. The van der Waals surface area contributed by atoms with Gasteiger partial charge in [-0.1, -0.05) is 58.2 Å². The lowest BCUT2D eigenvalue weighted by atomic mass is 10.2. The summed E-state index contributed by atoms with van der Waals surface area (Å²) >= 11 is 24.8. The molecule has 44 heavy (non-hydrogen) atoms. The van der Waals surface area contributed by atoms with E-state index in [1.165, 1.54) is 0 Å². The van der Waals surface area contributed by atoms with Crippen molar-refractivity contribution in [3.8, 4) is 46.7 Å². The molecule has 0 atom stereocenters. The Bertz CT molecular complexity index is 1570. The summed E-state index contributed by atoms with van der Waals surface area (Å²) in [6.07, 6.45) is 0. The van der Waals surface area contributed by atoms with Gasteiger partial charge in [-0.2, -0.15) is 0 Å². The molecular formula is C36H28Cl4O4. The molecule has 0 fully saturated rings. The summed E-state index contributed by atoms with van der Waals surface area (Å²) in [5.41, 5.74) is 3.24. The minimum atomic E-state index is 0.294. The van der Waals surface area contributed by atoms with Crippen molar-refractivity contribution in [3.05, 3.63) is 129 Å². The Morgan fingerprint density at radius 1 is 0.409 bits per heavy atom. The topological polar surface area (TPSA) is 36.9 Å². The number of benzene rings is 4. The molecule has 4 nitrogen and oxygen atoms in total. The second-order valence-corrected chi connectivity index (χ2v) is 10.2. The van der Waals surface area contributed by atoms with E-state index >= 15 is 0 Å². The number of hydrogen-bond donors (Lipinski definition) is 0. The molecule has 0 amide bonds. The quantitative estimate of drug-likeness (QED) is 0.192. The summed E-state index contributed by atoms with van der Waals surface area (Å²) in [5, 5.41) is 1.40. The molecule has 0 heterocycles. The summed E-state index contributed by atoms with van der Waals surface area (Å²) in [4.78, 5) is 0. The molecule has 0 spiro atoms. The molecule has 224 valence electrons. The van der Waals surface area contributed by atoms with Crippen LogP contribution in [-0.2, 0) is 0 Å². The Labute approximate surface area is 278 Å². The van der Waals surface area contributed by atoms with Crippen LogP contribution in [0.15, 0.2) is 107 Å². The van der Waals surface area contributed by atoms with Crippen molar-refractivity contribution in [2.45, 2.75) is 0 Å². The van der Waals surface area contributed by atoms with Crippen molar-refractivity contribution in [1.29, 1.82) is 0 Å². The van der Waals surface area contributed by atoms with Gasteiger partial charge in [0.15, 0.2) is 0 Å². The van der Waals surface area contributed by atoms with E-state index in [2.05, 4.69) is 23.7 Å². The Morgan fingerprint density at radius 3 is 0.909 bits per heavy atom. The van der Waals surface area contributed by atoms with Gasteiger partial charge >= 0.3 is 0 Å². The van der Waals surface area contributed by atoms with Gasteiger partial charge in [-0.25, -0.2) is 0 Å². The largest absolute Gasteiger partial charge is 0.497 e. The van der Waals surface area contributed by atoms with Crippen molar-refractivity contribution < 1.29 is 18.9 Å². The molecule has 8 heteroatoms. The van der Waals surface area contributed by atoms with Crippen molar-refractivity contribution in [3.63, 3.8) is 0 Å². The van der Waals surface area contributed by atoms with Crippen LogP contribution in [0.25, 0.3) is 10.1 Å². The fourth-order valence-electron chi connectivity index (χ4n) is 3.44. The van der Waals surface area contributed by atoms with E-state index in [1.807, 2.05) is 97.1 Å². The predicted molar refractivity (Wildman–Crippen MR) is 183 cm³/mol. The first-order valence-electron chi connectivity index (χ1n) is 13.0. The molecule has 4 aromatic rings.